The number of halogens is 1. The van der Waals surface area contributed by atoms with Gasteiger partial charge in [0.1, 0.15) is 5.38 Å². The fourth-order valence-corrected chi connectivity index (χ4v) is 1.34. The summed E-state index contributed by atoms with van der Waals surface area (Å²) < 4.78 is 0. The Morgan fingerprint density at radius 1 is 1.46 bits per heavy atom. The lowest BCUT2D eigenvalue weighted by Crippen LogP contribution is -2.26. The first-order valence-corrected chi connectivity index (χ1v) is 4.57. The third-order valence-corrected chi connectivity index (χ3v) is 2.08. The van der Waals surface area contributed by atoms with Crippen molar-refractivity contribution in [1.29, 1.82) is 0 Å². The number of nitrogens with one attached hydrogen (secondary N) is 1. The van der Waals surface area contributed by atoms with E-state index in [4.69, 9.17) is 11.6 Å². The Morgan fingerprint density at radius 3 is 2.62 bits per heavy atom. The molecular formula is C10H12ClNO. The summed E-state index contributed by atoms with van der Waals surface area (Å²) in [5, 5.41) is 2.39. The molecule has 2 nitrogen and oxygen atoms in total. The minimum Gasteiger partial charge on any atom is -0.318 e. The summed E-state index contributed by atoms with van der Waals surface area (Å²) in [7, 11) is 1.77. The summed E-state index contributed by atoms with van der Waals surface area (Å²) in [5.74, 6) is -0.0309. The molecule has 0 aromatic heterocycles. The maximum absolute atomic E-state index is 11.6. The number of hydrogen-bond acceptors (Lipinski definition) is 2. The number of alkyl halides is 1. The van der Waals surface area contributed by atoms with Crippen LogP contribution >= 0.6 is 11.6 Å². The summed E-state index contributed by atoms with van der Waals surface area (Å²) >= 11 is 5.85. The highest BCUT2D eigenvalue weighted by atomic mass is 35.5. The number of benzene rings is 1. The van der Waals surface area contributed by atoms with Crippen molar-refractivity contribution in [1.82, 2.24) is 5.32 Å². The highest BCUT2D eigenvalue weighted by Crippen LogP contribution is 2.07. The maximum atomic E-state index is 11.6. The summed E-state index contributed by atoms with van der Waals surface area (Å²) in [4.78, 5) is 11.6. The van der Waals surface area contributed by atoms with Crippen LogP contribution in [0.2, 0.25) is 0 Å². The largest absolute Gasteiger partial charge is 0.318 e. The highest BCUT2D eigenvalue weighted by Gasteiger charge is 2.15. The van der Waals surface area contributed by atoms with E-state index in [1.54, 1.807) is 19.2 Å². The first kappa shape index (κ1) is 10.2. The van der Waals surface area contributed by atoms with Gasteiger partial charge in [-0.3, -0.25) is 4.79 Å². The van der Waals surface area contributed by atoms with Crippen LogP contribution in [0.5, 0.6) is 0 Å². The van der Waals surface area contributed by atoms with Gasteiger partial charge in [0.25, 0.3) is 0 Å². The van der Waals surface area contributed by atoms with Crippen molar-refractivity contribution in [3.05, 3.63) is 35.9 Å². The highest BCUT2D eigenvalue weighted by molar-refractivity contribution is 6.34. The average molecular weight is 198 g/mol. The molecule has 1 aromatic carbocycles. The maximum Gasteiger partial charge on any atom is 0.181 e. The molecular weight excluding hydrogens is 186 g/mol. The van der Waals surface area contributed by atoms with Crippen LogP contribution in [0.1, 0.15) is 10.4 Å². The Bertz CT molecular complexity index is 274. The van der Waals surface area contributed by atoms with Crippen LogP contribution in [0, 0.1) is 0 Å². The molecule has 3 heteroatoms. The van der Waals surface area contributed by atoms with Crippen LogP contribution < -0.4 is 5.32 Å². The molecule has 0 heterocycles. The molecule has 1 N–H and O–H groups in total. The van der Waals surface area contributed by atoms with Crippen molar-refractivity contribution in [2.45, 2.75) is 5.38 Å². The molecule has 0 fully saturated rings. The second-order valence-electron chi connectivity index (χ2n) is 2.76. The lowest BCUT2D eigenvalue weighted by Gasteiger charge is -2.06. The zero-order chi connectivity index (χ0) is 9.68. The van der Waals surface area contributed by atoms with Crippen LogP contribution in [0.25, 0.3) is 0 Å². The topological polar surface area (TPSA) is 29.1 Å². The summed E-state index contributed by atoms with van der Waals surface area (Å²) in [5.41, 5.74) is 0.665. The molecule has 13 heavy (non-hydrogen) atoms. The minimum absolute atomic E-state index is 0.0309. The first-order valence-electron chi connectivity index (χ1n) is 4.13. The Balaban J connectivity index is 2.68. The van der Waals surface area contributed by atoms with Gasteiger partial charge in [-0.1, -0.05) is 30.3 Å². The molecule has 0 radical (unpaired) electrons. The zero-order valence-electron chi connectivity index (χ0n) is 7.46. The van der Waals surface area contributed by atoms with E-state index < -0.39 is 5.38 Å². The van der Waals surface area contributed by atoms with Gasteiger partial charge in [0.15, 0.2) is 5.78 Å². The molecule has 70 valence electrons. The van der Waals surface area contributed by atoms with Crippen molar-refractivity contribution in [3.63, 3.8) is 0 Å². The molecule has 1 atom stereocenters. The van der Waals surface area contributed by atoms with E-state index in [9.17, 15) is 4.79 Å². The Kier molecular flexibility index (Phi) is 3.93. The van der Waals surface area contributed by atoms with Gasteiger partial charge in [-0.25, -0.2) is 0 Å². The normalized spacial score (nSPS) is 12.5. The monoisotopic (exact) mass is 197 g/mol. The van der Waals surface area contributed by atoms with Crippen LogP contribution in [-0.4, -0.2) is 24.8 Å². The van der Waals surface area contributed by atoms with Gasteiger partial charge in [-0.05, 0) is 7.05 Å². The number of carbonyl (C=O) groups is 1. The van der Waals surface area contributed by atoms with Gasteiger partial charge < -0.3 is 5.32 Å². The van der Waals surface area contributed by atoms with Crippen LogP contribution in [-0.2, 0) is 0 Å². The lowest BCUT2D eigenvalue weighted by atomic mass is 10.1. The van der Waals surface area contributed by atoms with E-state index in [2.05, 4.69) is 5.32 Å². The smallest absolute Gasteiger partial charge is 0.181 e. The van der Waals surface area contributed by atoms with Crippen molar-refractivity contribution in [2.75, 3.05) is 13.6 Å². The van der Waals surface area contributed by atoms with E-state index in [1.807, 2.05) is 18.2 Å². The molecule has 0 amide bonds. The molecule has 1 unspecified atom stereocenters. The van der Waals surface area contributed by atoms with Crippen molar-refractivity contribution in [3.8, 4) is 0 Å². The van der Waals surface area contributed by atoms with Crippen molar-refractivity contribution >= 4 is 17.4 Å². The van der Waals surface area contributed by atoms with E-state index in [-0.39, 0.29) is 5.78 Å². The van der Waals surface area contributed by atoms with Crippen LogP contribution in [0.3, 0.4) is 0 Å². The zero-order valence-corrected chi connectivity index (χ0v) is 8.21. The van der Waals surface area contributed by atoms with E-state index in [0.717, 1.165) is 0 Å². The molecule has 0 saturated carbocycles. The summed E-state index contributed by atoms with van der Waals surface area (Å²) in [6, 6.07) is 9.07. The predicted octanol–water partition coefficient (Wildman–Crippen LogP) is 1.70. The Morgan fingerprint density at radius 2 is 2.08 bits per heavy atom. The standard InChI is InChI=1S/C10H12ClNO/c1-12-7-9(11)10(13)8-5-3-2-4-6-8/h2-6,9,12H,7H2,1H3. The third-order valence-electron chi connectivity index (χ3n) is 1.73. The molecule has 0 aliphatic rings. The molecule has 0 spiro atoms. The number of ketones is 1. The van der Waals surface area contributed by atoms with Crippen LogP contribution in [0.4, 0.5) is 0 Å². The number of hydrogen-bond donors (Lipinski definition) is 1. The fraction of sp³-hybridized carbons (Fsp3) is 0.300. The van der Waals surface area contributed by atoms with Gasteiger partial charge in [0, 0.05) is 12.1 Å². The molecule has 0 aliphatic heterocycles. The Labute approximate surface area is 82.9 Å². The number of carbonyl (C=O) groups excluding carboxylic acids is 1. The van der Waals surface area contributed by atoms with Gasteiger partial charge in [-0.2, -0.15) is 0 Å². The summed E-state index contributed by atoms with van der Waals surface area (Å²) in [6.07, 6.45) is 0. The van der Waals surface area contributed by atoms with Gasteiger partial charge in [-0.15, -0.1) is 11.6 Å². The van der Waals surface area contributed by atoms with E-state index >= 15 is 0 Å². The summed E-state index contributed by atoms with van der Waals surface area (Å²) in [6.45, 7) is 0.495. The predicted molar refractivity (Wildman–Crippen MR) is 54.3 cm³/mol. The van der Waals surface area contributed by atoms with Crippen molar-refractivity contribution in [2.24, 2.45) is 0 Å². The number of Topliss-reactive ketones (excluding diaryl/α,β-unsaturated/α-hetero) is 1. The van der Waals surface area contributed by atoms with Crippen molar-refractivity contribution < 1.29 is 4.79 Å². The van der Waals surface area contributed by atoms with E-state index in [0.29, 0.717) is 12.1 Å². The Hall–Kier alpha value is -0.860. The fourth-order valence-electron chi connectivity index (χ4n) is 1.06. The number of rotatable bonds is 4. The second-order valence-corrected chi connectivity index (χ2v) is 3.28. The van der Waals surface area contributed by atoms with E-state index in [1.165, 1.54) is 0 Å². The van der Waals surface area contributed by atoms with Gasteiger partial charge >= 0.3 is 0 Å². The minimum atomic E-state index is -0.479. The van der Waals surface area contributed by atoms with Crippen LogP contribution in [0.15, 0.2) is 30.3 Å². The average Bonchev–Trinajstić information content (AvgIpc) is 2.18. The molecule has 0 bridgehead atoms. The second kappa shape index (κ2) is 5.00. The SMILES string of the molecule is CNCC(Cl)C(=O)c1ccccc1. The molecule has 0 saturated heterocycles. The molecule has 0 aliphatic carbocycles. The quantitative estimate of drug-likeness (QED) is 0.588. The van der Waals surface area contributed by atoms with Gasteiger partial charge in [0.05, 0.1) is 0 Å². The third kappa shape index (κ3) is 2.83. The molecule has 1 aromatic rings. The first-order chi connectivity index (χ1) is 6.25. The van der Waals surface area contributed by atoms with Gasteiger partial charge in [0.2, 0.25) is 0 Å². The lowest BCUT2D eigenvalue weighted by molar-refractivity contribution is 0.0987. The molecule has 1 rings (SSSR count).